The van der Waals surface area contributed by atoms with Crippen molar-refractivity contribution < 1.29 is 14.4 Å². The van der Waals surface area contributed by atoms with Crippen molar-refractivity contribution in [1.82, 2.24) is 10.2 Å². The van der Waals surface area contributed by atoms with Crippen LogP contribution in [0.2, 0.25) is 0 Å². The Bertz CT molecular complexity index is 954. The lowest BCUT2D eigenvalue weighted by Crippen LogP contribution is -2.38. The number of hydrogen-bond acceptors (Lipinski definition) is 4. The molecule has 162 valence electrons. The first kappa shape index (κ1) is 21.2. The van der Waals surface area contributed by atoms with Crippen molar-refractivity contribution in [2.75, 3.05) is 35.2 Å². The van der Waals surface area contributed by atoms with Crippen LogP contribution in [0.25, 0.3) is 0 Å². The summed E-state index contributed by atoms with van der Waals surface area (Å²) in [6.07, 6.45) is 2.40. The SMILES string of the molecule is O=C(Nc1cccc(C(=O)Nc2ccc(CC(=O)N3CCSCC3)cc2)c1)NC1CC1. The predicted molar refractivity (Wildman–Crippen MR) is 124 cm³/mol. The Morgan fingerprint density at radius 2 is 1.68 bits per heavy atom. The third kappa shape index (κ3) is 6.24. The largest absolute Gasteiger partial charge is 0.341 e. The van der Waals surface area contributed by atoms with Crippen LogP contribution in [0, 0.1) is 0 Å². The number of hydrogen-bond donors (Lipinski definition) is 3. The van der Waals surface area contributed by atoms with Gasteiger partial charge in [0.25, 0.3) is 5.91 Å². The van der Waals surface area contributed by atoms with E-state index in [-0.39, 0.29) is 23.9 Å². The molecular weight excluding hydrogens is 412 g/mol. The van der Waals surface area contributed by atoms with Gasteiger partial charge in [-0.1, -0.05) is 18.2 Å². The van der Waals surface area contributed by atoms with E-state index >= 15 is 0 Å². The zero-order valence-electron chi connectivity index (χ0n) is 17.2. The number of nitrogens with zero attached hydrogens (tertiary/aromatic N) is 1. The minimum absolute atomic E-state index is 0.145. The molecule has 1 heterocycles. The molecule has 0 atom stereocenters. The molecule has 4 rings (SSSR count). The predicted octanol–water partition coefficient (Wildman–Crippen LogP) is 3.34. The summed E-state index contributed by atoms with van der Waals surface area (Å²) in [5, 5.41) is 8.47. The molecule has 8 heteroatoms. The Balaban J connectivity index is 1.31. The van der Waals surface area contributed by atoms with Crippen LogP contribution in [0.4, 0.5) is 16.2 Å². The molecule has 0 radical (unpaired) electrons. The highest BCUT2D eigenvalue weighted by Gasteiger charge is 2.23. The van der Waals surface area contributed by atoms with Crippen molar-refractivity contribution in [3.8, 4) is 0 Å². The summed E-state index contributed by atoms with van der Waals surface area (Å²) in [6.45, 7) is 1.63. The standard InChI is InChI=1S/C23H26N4O3S/c28-21(27-10-12-31-13-11-27)14-16-4-6-18(7-5-16)24-22(29)17-2-1-3-20(15-17)26-23(30)25-19-8-9-19/h1-7,15,19H,8-14H2,(H,24,29)(H2,25,26,30). The van der Waals surface area contributed by atoms with Gasteiger partial charge in [0.1, 0.15) is 0 Å². The molecule has 31 heavy (non-hydrogen) atoms. The van der Waals surface area contributed by atoms with E-state index in [0.717, 1.165) is 43.0 Å². The zero-order chi connectivity index (χ0) is 21.6. The molecule has 2 aromatic carbocycles. The third-order valence-electron chi connectivity index (χ3n) is 5.23. The van der Waals surface area contributed by atoms with Crippen LogP contribution in [0.5, 0.6) is 0 Å². The number of thioether (sulfide) groups is 1. The summed E-state index contributed by atoms with van der Waals surface area (Å²) in [5.41, 5.74) is 2.59. The molecule has 2 aliphatic rings. The second kappa shape index (κ2) is 9.87. The summed E-state index contributed by atoms with van der Waals surface area (Å²) in [4.78, 5) is 38.8. The Morgan fingerprint density at radius 3 is 2.39 bits per heavy atom. The fourth-order valence-electron chi connectivity index (χ4n) is 3.33. The quantitative estimate of drug-likeness (QED) is 0.645. The number of benzene rings is 2. The van der Waals surface area contributed by atoms with Gasteiger partial charge in [-0.15, -0.1) is 0 Å². The first-order valence-electron chi connectivity index (χ1n) is 10.5. The number of urea groups is 1. The number of carbonyl (C=O) groups is 3. The summed E-state index contributed by atoms with van der Waals surface area (Å²) < 4.78 is 0. The maximum atomic E-state index is 12.6. The normalized spacial score (nSPS) is 15.8. The Hall–Kier alpha value is -3.00. The molecule has 0 spiro atoms. The van der Waals surface area contributed by atoms with Crippen LogP contribution < -0.4 is 16.0 Å². The van der Waals surface area contributed by atoms with Gasteiger partial charge in [-0.2, -0.15) is 11.8 Å². The molecule has 1 aliphatic carbocycles. The number of anilines is 2. The van der Waals surface area contributed by atoms with Gasteiger partial charge in [0.2, 0.25) is 5.91 Å². The molecule has 2 aromatic rings. The van der Waals surface area contributed by atoms with Gasteiger partial charge < -0.3 is 20.9 Å². The van der Waals surface area contributed by atoms with Crippen molar-refractivity contribution in [3.63, 3.8) is 0 Å². The molecule has 0 unspecified atom stereocenters. The Kier molecular flexibility index (Phi) is 6.76. The lowest BCUT2D eigenvalue weighted by Gasteiger charge is -2.26. The first-order chi connectivity index (χ1) is 15.1. The summed E-state index contributed by atoms with van der Waals surface area (Å²) in [6, 6.07) is 14.2. The van der Waals surface area contributed by atoms with Gasteiger partial charge in [-0.3, -0.25) is 9.59 Å². The highest BCUT2D eigenvalue weighted by Crippen LogP contribution is 2.19. The van der Waals surface area contributed by atoms with Crippen molar-refractivity contribution in [2.45, 2.75) is 25.3 Å². The van der Waals surface area contributed by atoms with Gasteiger partial charge in [-0.25, -0.2) is 4.79 Å². The minimum Gasteiger partial charge on any atom is -0.341 e. The molecule has 0 aromatic heterocycles. The molecule has 0 bridgehead atoms. The number of carbonyl (C=O) groups excluding carboxylic acids is 3. The fourth-order valence-corrected chi connectivity index (χ4v) is 4.23. The van der Waals surface area contributed by atoms with Crippen LogP contribution >= 0.6 is 11.8 Å². The molecule has 7 nitrogen and oxygen atoms in total. The molecule has 1 saturated heterocycles. The van der Waals surface area contributed by atoms with Crippen LogP contribution in [0.3, 0.4) is 0 Å². The molecule has 2 fully saturated rings. The van der Waals surface area contributed by atoms with Gasteiger partial charge in [0.15, 0.2) is 0 Å². The highest BCUT2D eigenvalue weighted by molar-refractivity contribution is 7.99. The number of nitrogens with one attached hydrogen (secondary N) is 3. The average molecular weight is 439 g/mol. The van der Waals surface area contributed by atoms with E-state index in [1.807, 2.05) is 28.8 Å². The summed E-state index contributed by atoms with van der Waals surface area (Å²) in [5.74, 6) is 1.88. The maximum absolute atomic E-state index is 12.6. The van der Waals surface area contributed by atoms with Crippen LogP contribution in [-0.4, -0.2) is 53.4 Å². The first-order valence-corrected chi connectivity index (χ1v) is 11.7. The molecule has 3 N–H and O–H groups in total. The topological polar surface area (TPSA) is 90.5 Å². The average Bonchev–Trinajstić information content (AvgIpc) is 3.59. The van der Waals surface area contributed by atoms with Crippen molar-refractivity contribution in [1.29, 1.82) is 0 Å². The van der Waals surface area contributed by atoms with Crippen molar-refractivity contribution in [2.24, 2.45) is 0 Å². The second-order valence-electron chi connectivity index (χ2n) is 7.77. The molecule has 1 aliphatic heterocycles. The Labute approximate surface area is 186 Å². The Morgan fingerprint density at radius 1 is 0.935 bits per heavy atom. The monoisotopic (exact) mass is 438 g/mol. The van der Waals surface area contributed by atoms with E-state index in [2.05, 4.69) is 16.0 Å². The smallest absolute Gasteiger partial charge is 0.319 e. The van der Waals surface area contributed by atoms with E-state index in [9.17, 15) is 14.4 Å². The van der Waals surface area contributed by atoms with Gasteiger partial charge in [0.05, 0.1) is 6.42 Å². The second-order valence-corrected chi connectivity index (χ2v) is 9.00. The van der Waals surface area contributed by atoms with Gasteiger partial charge in [0, 0.05) is 47.6 Å². The maximum Gasteiger partial charge on any atom is 0.319 e. The van der Waals surface area contributed by atoms with Crippen LogP contribution in [0.1, 0.15) is 28.8 Å². The molecule has 1 saturated carbocycles. The third-order valence-corrected chi connectivity index (χ3v) is 6.17. The highest BCUT2D eigenvalue weighted by atomic mass is 32.2. The van der Waals surface area contributed by atoms with E-state index in [1.165, 1.54) is 0 Å². The fraction of sp³-hybridized carbons (Fsp3) is 0.348. The molecule has 4 amide bonds. The van der Waals surface area contributed by atoms with E-state index in [1.54, 1.807) is 36.4 Å². The van der Waals surface area contributed by atoms with E-state index < -0.39 is 0 Å². The number of amides is 4. The van der Waals surface area contributed by atoms with Crippen LogP contribution in [0.15, 0.2) is 48.5 Å². The van der Waals surface area contributed by atoms with E-state index in [4.69, 9.17) is 0 Å². The van der Waals surface area contributed by atoms with Crippen LogP contribution in [-0.2, 0) is 11.2 Å². The zero-order valence-corrected chi connectivity index (χ0v) is 18.0. The van der Waals surface area contributed by atoms with Gasteiger partial charge in [-0.05, 0) is 48.7 Å². The van der Waals surface area contributed by atoms with E-state index in [0.29, 0.717) is 23.4 Å². The van der Waals surface area contributed by atoms with Crippen molar-refractivity contribution >= 4 is 41.0 Å². The summed E-state index contributed by atoms with van der Waals surface area (Å²) in [7, 11) is 0. The van der Waals surface area contributed by atoms with Gasteiger partial charge >= 0.3 is 6.03 Å². The number of rotatable bonds is 6. The minimum atomic E-state index is -0.263. The summed E-state index contributed by atoms with van der Waals surface area (Å²) >= 11 is 1.88. The lowest BCUT2D eigenvalue weighted by molar-refractivity contribution is -0.130. The lowest BCUT2D eigenvalue weighted by atomic mass is 10.1. The molecular formula is C23H26N4O3S. The van der Waals surface area contributed by atoms with Crippen molar-refractivity contribution in [3.05, 3.63) is 59.7 Å².